The van der Waals surface area contributed by atoms with Crippen LogP contribution in [0, 0.1) is 6.92 Å². The maximum Gasteiger partial charge on any atom is 0.389 e. The molecule has 0 fully saturated rings. The molecule has 0 spiro atoms. The first-order valence-electron chi connectivity index (χ1n) is 4.23. The molecule has 0 aromatic heterocycles. The lowest BCUT2D eigenvalue weighted by atomic mass is 10.1. The van der Waals surface area contributed by atoms with Crippen molar-refractivity contribution in [3.63, 3.8) is 0 Å². The Morgan fingerprint density at radius 1 is 1.47 bits per heavy atom. The number of hydrogen-bond acceptors (Lipinski definition) is 2. The van der Waals surface area contributed by atoms with Gasteiger partial charge in [0.05, 0.1) is 0 Å². The maximum absolute atomic E-state index is 12.7. The van der Waals surface area contributed by atoms with Crippen LogP contribution in [-0.4, -0.2) is 16.3 Å². The second-order valence-corrected chi connectivity index (χ2v) is 4.13. The summed E-state index contributed by atoms with van der Waals surface area (Å²) in [5.41, 5.74) is 1.61. The molecule has 2 nitrogen and oxygen atoms in total. The van der Waals surface area contributed by atoms with Crippen molar-refractivity contribution in [2.45, 2.75) is 17.9 Å². The second-order valence-electron chi connectivity index (χ2n) is 3.04. The van der Waals surface area contributed by atoms with Gasteiger partial charge in [0.1, 0.15) is 0 Å². The summed E-state index contributed by atoms with van der Waals surface area (Å²) >= 11 is 0.121. The zero-order valence-electron chi connectivity index (χ0n) is 8.04. The minimum atomic E-state index is -3.72. The van der Waals surface area contributed by atoms with Crippen molar-refractivity contribution in [2.24, 2.45) is 0 Å². The second kappa shape index (κ2) is 4.61. The van der Waals surface area contributed by atoms with E-state index in [9.17, 15) is 13.6 Å². The molecule has 0 amide bonds. The Bertz CT molecular complexity index is 366. The van der Waals surface area contributed by atoms with Crippen molar-refractivity contribution in [1.29, 1.82) is 0 Å². The zero-order chi connectivity index (χ0) is 11.5. The van der Waals surface area contributed by atoms with E-state index in [-0.39, 0.29) is 17.5 Å². The molecular formula is C10H10F2O2S. The molecule has 1 rings (SSSR count). The van der Waals surface area contributed by atoms with E-state index in [0.717, 1.165) is 11.1 Å². The average Bonchev–Trinajstić information content (AvgIpc) is 2.16. The molecule has 5 heteroatoms. The number of benzene rings is 1. The van der Waals surface area contributed by atoms with Gasteiger partial charge in [0.2, 0.25) is 0 Å². The van der Waals surface area contributed by atoms with Crippen molar-refractivity contribution in [3.05, 3.63) is 35.4 Å². The zero-order valence-corrected chi connectivity index (χ0v) is 8.85. The SMILES string of the molecule is Cc1ccccc1CSC(F)(F)C(=O)O. The summed E-state index contributed by atoms with van der Waals surface area (Å²) in [7, 11) is 0. The Hall–Kier alpha value is -1.10. The largest absolute Gasteiger partial charge is 0.476 e. The fourth-order valence-electron chi connectivity index (χ4n) is 1.00. The summed E-state index contributed by atoms with van der Waals surface area (Å²) in [5, 5.41) is 4.50. The summed E-state index contributed by atoms with van der Waals surface area (Å²) in [6.45, 7) is 1.80. The van der Waals surface area contributed by atoms with Crippen molar-refractivity contribution in [2.75, 3.05) is 0 Å². The van der Waals surface area contributed by atoms with Crippen LogP contribution in [0.2, 0.25) is 0 Å². The summed E-state index contributed by atoms with van der Waals surface area (Å²) in [5.74, 6) is -2.10. The van der Waals surface area contributed by atoms with E-state index in [2.05, 4.69) is 0 Å². The molecule has 0 aliphatic carbocycles. The Labute approximate surface area is 90.3 Å². The molecule has 0 saturated carbocycles. The van der Waals surface area contributed by atoms with Gasteiger partial charge in [0.15, 0.2) is 0 Å². The molecule has 0 saturated heterocycles. The van der Waals surface area contributed by atoms with Crippen LogP contribution < -0.4 is 0 Å². The van der Waals surface area contributed by atoms with Gasteiger partial charge in [-0.1, -0.05) is 36.0 Å². The smallest absolute Gasteiger partial charge is 0.389 e. The van der Waals surface area contributed by atoms with E-state index < -0.39 is 11.2 Å². The highest BCUT2D eigenvalue weighted by Gasteiger charge is 2.39. The number of carbonyl (C=O) groups is 1. The third kappa shape index (κ3) is 3.20. The predicted octanol–water partition coefficient (Wildman–Crippen LogP) is 2.91. The Kier molecular flexibility index (Phi) is 3.68. The third-order valence-electron chi connectivity index (χ3n) is 1.92. The highest BCUT2D eigenvalue weighted by atomic mass is 32.2. The predicted molar refractivity (Wildman–Crippen MR) is 55.1 cm³/mol. The molecule has 82 valence electrons. The quantitative estimate of drug-likeness (QED) is 0.867. The highest BCUT2D eigenvalue weighted by Crippen LogP contribution is 2.32. The van der Waals surface area contributed by atoms with Gasteiger partial charge in [0.25, 0.3) is 0 Å². The van der Waals surface area contributed by atoms with Gasteiger partial charge in [-0.05, 0) is 18.1 Å². The Morgan fingerprint density at radius 3 is 2.60 bits per heavy atom. The van der Waals surface area contributed by atoms with Gasteiger partial charge in [-0.2, -0.15) is 8.78 Å². The number of halogens is 2. The van der Waals surface area contributed by atoms with E-state index >= 15 is 0 Å². The summed E-state index contributed by atoms with van der Waals surface area (Å²) in [6, 6.07) is 7.05. The number of hydrogen-bond donors (Lipinski definition) is 1. The lowest BCUT2D eigenvalue weighted by molar-refractivity contribution is -0.152. The van der Waals surface area contributed by atoms with Gasteiger partial charge in [-0.15, -0.1) is 0 Å². The number of carboxylic acid groups (broad SMARTS) is 1. The number of thioether (sulfide) groups is 1. The van der Waals surface area contributed by atoms with Crippen LogP contribution >= 0.6 is 11.8 Å². The van der Waals surface area contributed by atoms with Crippen LogP contribution in [-0.2, 0) is 10.5 Å². The normalized spacial score (nSPS) is 11.4. The lowest BCUT2D eigenvalue weighted by Gasteiger charge is -2.11. The highest BCUT2D eigenvalue weighted by molar-refractivity contribution is 8.00. The van der Waals surface area contributed by atoms with Crippen molar-refractivity contribution < 1.29 is 18.7 Å². The molecule has 0 bridgehead atoms. The summed E-state index contributed by atoms with van der Waals surface area (Å²) < 4.78 is 25.5. The molecule has 0 radical (unpaired) electrons. The van der Waals surface area contributed by atoms with E-state index in [1.807, 2.05) is 0 Å². The first-order chi connectivity index (χ1) is 6.93. The topological polar surface area (TPSA) is 37.3 Å². The van der Waals surface area contributed by atoms with Crippen LogP contribution in [0.25, 0.3) is 0 Å². The van der Waals surface area contributed by atoms with Crippen LogP contribution in [0.3, 0.4) is 0 Å². The number of carboxylic acids is 1. The van der Waals surface area contributed by atoms with Gasteiger partial charge >= 0.3 is 11.2 Å². The number of rotatable bonds is 4. The lowest BCUT2D eigenvalue weighted by Crippen LogP contribution is -2.23. The first-order valence-corrected chi connectivity index (χ1v) is 5.21. The minimum absolute atomic E-state index is 0.00796. The Balaban J connectivity index is 2.66. The van der Waals surface area contributed by atoms with Gasteiger partial charge in [0, 0.05) is 5.75 Å². The monoisotopic (exact) mass is 232 g/mol. The van der Waals surface area contributed by atoms with Crippen molar-refractivity contribution in [3.8, 4) is 0 Å². The van der Waals surface area contributed by atoms with Crippen LogP contribution in [0.4, 0.5) is 8.78 Å². The van der Waals surface area contributed by atoms with Crippen LogP contribution in [0.15, 0.2) is 24.3 Å². The number of aryl methyl sites for hydroxylation is 1. The summed E-state index contributed by atoms with van der Waals surface area (Å²) in [6.07, 6.45) is 0. The Morgan fingerprint density at radius 2 is 2.07 bits per heavy atom. The van der Waals surface area contributed by atoms with E-state index in [1.54, 1.807) is 31.2 Å². The van der Waals surface area contributed by atoms with E-state index in [0.29, 0.717) is 0 Å². The molecule has 1 aromatic rings. The van der Waals surface area contributed by atoms with Crippen LogP contribution in [0.1, 0.15) is 11.1 Å². The molecule has 0 aliphatic rings. The first kappa shape index (κ1) is 12.0. The molecule has 0 unspecified atom stereocenters. The maximum atomic E-state index is 12.7. The molecule has 15 heavy (non-hydrogen) atoms. The number of aliphatic carboxylic acids is 1. The van der Waals surface area contributed by atoms with Gasteiger partial charge in [-0.25, -0.2) is 4.79 Å². The molecule has 1 N–H and O–H groups in total. The minimum Gasteiger partial charge on any atom is -0.476 e. The number of alkyl halides is 2. The van der Waals surface area contributed by atoms with E-state index in [4.69, 9.17) is 5.11 Å². The standard InChI is InChI=1S/C10H10F2O2S/c1-7-4-2-3-5-8(7)6-15-10(11,12)9(13)14/h2-5H,6H2,1H3,(H,13,14). The fourth-order valence-corrected chi connectivity index (χ4v) is 1.79. The van der Waals surface area contributed by atoms with Crippen molar-refractivity contribution >= 4 is 17.7 Å². The fraction of sp³-hybridized carbons (Fsp3) is 0.300. The summed E-state index contributed by atoms with van der Waals surface area (Å²) in [4.78, 5) is 10.2. The van der Waals surface area contributed by atoms with Gasteiger partial charge in [-0.3, -0.25) is 0 Å². The van der Waals surface area contributed by atoms with Crippen molar-refractivity contribution in [1.82, 2.24) is 0 Å². The molecule has 0 atom stereocenters. The molecule has 1 aromatic carbocycles. The molecule has 0 aliphatic heterocycles. The molecular weight excluding hydrogens is 222 g/mol. The van der Waals surface area contributed by atoms with E-state index in [1.165, 1.54) is 0 Å². The third-order valence-corrected chi connectivity index (χ3v) is 2.91. The average molecular weight is 232 g/mol. The van der Waals surface area contributed by atoms with Gasteiger partial charge < -0.3 is 5.11 Å². The van der Waals surface area contributed by atoms with Crippen LogP contribution in [0.5, 0.6) is 0 Å². The molecule has 0 heterocycles.